The number of allylic oxidation sites excluding steroid dienone is 1. The molecule has 2 aromatic carbocycles. The number of aryl methyl sites for hydroxylation is 1. The molecule has 4 nitrogen and oxygen atoms in total. The van der Waals surface area contributed by atoms with Crippen molar-refractivity contribution in [2.24, 2.45) is 0 Å². The van der Waals surface area contributed by atoms with E-state index in [0.717, 1.165) is 41.5 Å². The lowest BCUT2D eigenvalue weighted by Crippen LogP contribution is -2.30. The Kier molecular flexibility index (Phi) is 8.40. The second-order valence-corrected chi connectivity index (χ2v) is 12.3. The van der Waals surface area contributed by atoms with E-state index in [9.17, 15) is 18.3 Å². The summed E-state index contributed by atoms with van der Waals surface area (Å²) < 4.78 is 25.9. The summed E-state index contributed by atoms with van der Waals surface area (Å²) in [5, 5.41) is 9.60. The van der Waals surface area contributed by atoms with E-state index < -0.39 is 15.8 Å². The van der Waals surface area contributed by atoms with E-state index in [2.05, 4.69) is 26.8 Å². The fourth-order valence-corrected chi connectivity index (χ4v) is 6.83. The Morgan fingerprint density at radius 2 is 1.71 bits per heavy atom. The average Bonchev–Trinajstić information content (AvgIpc) is 2.79. The van der Waals surface area contributed by atoms with Gasteiger partial charge in [0.25, 0.3) is 0 Å². The minimum absolute atomic E-state index is 0.184. The topological polar surface area (TPSA) is 71.4 Å². The summed E-state index contributed by atoms with van der Waals surface area (Å²) >= 11 is 0. The molecule has 1 aliphatic rings. The normalized spacial score (nSPS) is 16.8. The van der Waals surface area contributed by atoms with Crippen LogP contribution >= 0.6 is 0 Å². The van der Waals surface area contributed by atoms with Gasteiger partial charge in [0.15, 0.2) is 9.84 Å². The molecule has 1 N–H and O–H groups in total. The number of sulfone groups is 1. The SMILES string of the molecule is CCCCCCCCc1cc2c(cc1C(C)=Cc1ccccc1C(=O)O)C(C)(C)CCS2(=O)=O. The second kappa shape index (κ2) is 10.9. The number of carboxylic acid groups (broad SMARTS) is 1. The van der Waals surface area contributed by atoms with Crippen LogP contribution < -0.4 is 0 Å². The van der Waals surface area contributed by atoms with Gasteiger partial charge in [0.1, 0.15) is 0 Å². The maximum atomic E-state index is 13.0. The molecule has 0 radical (unpaired) electrons. The van der Waals surface area contributed by atoms with Crippen LogP contribution in [0.4, 0.5) is 0 Å². The van der Waals surface area contributed by atoms with Crippen LogP contribution in [0.15, 0.2) is 41.3 Å². The third-order valence-electron chi connectivity index (χ3n) is 7.05. The van der Waals surface area contributed by atoms with E-state index in [4.69, 9.17) is 0 Å². The van der Waals surface area contributed by atoms with Crippen molar-refractivity contribution in [1.82, 2.24) is 0 Å². The summed E-state index contributed by atoms with van der Waals surface area (Å²) in [4.78, 5) is 12.2. The van der Waals surface area contributed by atoms with Gasteiger partial charge in [-0.15, -0.1) is 0 Å². The zero-order valence-electron chi connectivity index (χ0n) is 21.0. The summed E-state index contributed by atoms with van der Waals surface area (Å²) in [7, 11) is -3.29. The Morgan fingerprint density at radius 3 is 2.41 bits per heavy atom. The molecule has 184 valence electrons. The quantitative estimate of drug-likeness (QED) is 0.285. The molecule has 0 unspecified atom stereocenters. The highest BCUT2D eigenvalue weighted by atomic mass is 32.2. The van der Waals surface area contributed by atoms with Crippen LogP contribution in [0.5, 0.6) is 0 Å². The maximum absolute atomic E-state index is 13.0. The number of carboxylic acids is 1. The van der Waals surface area contributed by atoms with Gasteiger partial charge >= 0.3 is 5.97 Å². The monoisotopic (exact) mass is 482 g/mol. The van der Waals surface area contributed by atoms with E-state index in [0.29, 0.717) is 16.9 Å². The molecular weight excluding hydrogens is 444 g/mol. The van der Waals surface area contributed by atoms with Crippen LogP contribution in [0, 0.1) is 0 Å². The standard InChI is InChI=1S/C29H38O4S/c1-5-6-7-8-9-10-13-23-19-27-26(29(3,4)16-17-34(27,32)33)20-25(23)21(2)18-22-14-11-12-15-24(22)28(30)31/h11-12,14-15,18-20H,5-10,13,16-17H2,1-4H3,(H,30,31). The van der Waals surface area contributed by atoms with Crippen LogP contribution in [-0.2, 0) is 21.7 Å². The molecule has 0 spiro atoms. The van der Waals surface area contributed by atoms with Gasteiger partial charge in [0.2, 0.25) is 0 Å². The Bertz CT molecular complexity index is 1170. The lowest BCUT2D eigenvalue weighted by atomic mass is 9.79. The number of hydrogen-bond donors (Lipinski definition) is 1. The number of hydrogen-bond acceptors (Lipinski definition) is 3. The number of unbranched alkanes of at least 4 members (excludes halogenated alkanes) is 5. The zero-order chi connectivity index (χ0) is 24.9. The Balaban J connectivity index is 2.06. The van der Waals surface area contributed by atoms with Crippen molar-refractivity contribution < 1.29 is 18.3 Å². The lowest BCUT2D eigenvalue weighted by molar-refractivity contribution is 0.0696. The molecule has 5 heteroatoms. The molecule has 2 aromatic rings. The smallest absolute Gasteiger partial charge is 0.336 e. The van der Waals surface area contributed by atoms with Gasteiger partial charge in [-0.3, -0.25) is 0 Å². The van der Waals surface area contributed by atoms with Crippen molar-refractivity contribution in [3.63, 3.8) is 0 Å². The highest BCUT2D eigenvalue weighted by Gasteiger charge is 2.36. The van der Waals surface area contributed by atoms with Crippen molar-refractivity contribution in [3.05, 3.63) is 64.2 Å². The van der Waals surface area contributed by atoms with Crippen LogP contribution in [0.2, 0.25) is 0 Å². The van der Waals surface area contributed by atoms with Crippen LogP contribution in [-0.4, -0.2) is 25.2 Å². The molecule has 0 fully saturated rings. The largest absolute Gasteiger partial charge is 0.478 e. The molecule has 0 saturated carbocycles. The first kappa shape index (κ1) is 26.2. The second-order valence-electron chi connectivity index (χ2n) is 10.2. The highest BCUT2D eigenvalue weighted by molar-refractivity contribution is 7.91. The average molecular weight is 483 g/mol. The molecule has 1 aliphatic heterocycles. The summed E-state index contributed by atoms with van der Waals surface area (Å²) in [5.74, 6) is -0.770. The maximum Gasteiger partial charge on any atom is 0.336 e. The Labute approximate surface area is 205 Å². The summed E-state index contributed by atoms with van der Waals surface area (Å²) in [6.45, 7) is 8.42. The number of benzene rings is 2. The fraction of sp³-hybridized carbons (Fsp3) is 0.483. The summed E-state index contributed by atoms with van der Waals surface area (Å²) in [5.41, 5.74) is 4.58. The number of carbonyl (C=O) groups is 1. The van der Waals surface area contributed by atoms with Crippen molar-refractivity contribution >= 4 is 27.5 Å². The van der Waals surface area contributed by atoms with Gasteiger partial charge in [-0.25, -0.2) is 13.2 Å². The van der Waals surface area contributed by atoms with Crippen molar-refractivity contribution in [1.29, 1.82) is 0 Å². The number of rotatable bonds is 10. The van der Waals surface area contributed by atoms with Gasteiger partial charge in [-0.2, -0.15) is 0 Å². The first-order chi connectivity index (χ1) is 16.1. The van der Waals surface area contributed by atoms with E-state index >= 15 is 0 Å². The molecule has 34 heavy (non-hydrogen) atoms. The van der Waals surface area contributed by atoms with Gasteiger partial charge < -0.3 is 5.11 Å². The fourth-order valence-electron chi connectivity index (χ4n) is 4.84. The van der Waals surface area contributed by atoms with Gasteiger partial charge in [0, 0.05) is 0 Å². The van der Waals surface area contributed by atoms with Gasteiger partial charge in [-0.1, -0.05) is 77.2 Å². The van der Waals surface area contributed by atoms with E-state index in [1.807, 2.05) is 31.2 Å². The van der Waals surface area contributed by atoms with Crippen molar-refractivity contribution in [2.75, 3.05) is 5.75 Å². The first-order valence-corrected chi connectivity index (χ1v) is 14.1. The van der Waals surface area contributed by atoms with E-state index in [1.165, 1.54) is 25.7 Å². The summed E-state index contributed by atoms with van der Waals surface area (Å²) in [6.07, 6.45) is 10.4. The van der Waals surface area contributed by atoms with Crippen molar-refractivity contribution in [3.8, 4) is 0 Å². The molecule has 0 aromatic heterocycles. The molecule has 0 bridgehead atoms. The van der Waals surface area contributed by atoms with Crippen molar-refractivity contribution in [2.45, 2.75) is 89.4 Å². The molecule has 0 aliphatic carbocycles. The van der Waals surface area contributed by atoms with Gasteiger partial charge in [0.05, 0.1) is 16.2 Å². The van der Waals surface area contributed by atoms with Gasteiger partial charge in [-0.05, 0) is 77.6 Å². The predicted octanol–water partition coefficient (Wildman–Crippen LogP) is 7.30. The predicted molar refractivity (Wildman–Crippen MR) is 140 cm³/mol. The van der Waals surface area contributed by atoms with Crippen LogP contribution in [0.1, 0.15) is 105 Å². The molecular formula is C29H38O4S. The highest BCUT2D eigenvalue weighted by Crippen LogP contribution is 2.41. The lowest BCUT2D eigenvalue weighted by Gasteiger charge is -2.33. The molecule has 0 saturated heterocycles. The third-order valence-corrected chi connectivity index (χ3v) is 8.80. The number of fused-ring (bicyclic) bond motifs is 1. The minimum atomic E-state index is -3.29. The minimum Gasteiger partial charge on any atom is -0.478 e. The first-order valence-electron chi connectivity index (χ1n) is 12.5. The molecule has 0 amide bonds. The van der Waals surface area contributed by atoms with E-state index in [1.54, 1.807) is 12.1 Å². The molecule has 3 rings (SSSR count). The van der Waals surface area contributed by atoms with Crippen LogP contribution in [0.25, 0.3) is 11.6 Å². The number of aromatic carboxylic acids is 1. The summed E-state index contributed by atoms with van der Waals surface area (Å²) in [6, 6.07) is 11.0. The Morgan fingerprint density at radius 1 is 1.03 bits per heavy atom. The Hall–Kier alpha value is -2.40. The third kappa shape index (κ3) is 5.99. The molecule has 1 heterocycles. The zero-order valence-corrected chi connectivity index (χ0v) is 21.8. The molecule has 0 atom stereocenters. The van der Waals surface area contributed by atoms with Crippen LogP contribution in [0.3, 0.4) is 0 Å². The van der Waals surface area contributed by atoms with E-state index in [-0.39, 0.29) is 16.7 Å².